The molecule has 0 saturated carbocycles. The van der Waals surface area contributed by atoms with Gasteiger partial charge < -0.3 is 5.11 Å². The van der Waals surface area contributed by atoms with Crippen LogP contribution in [-0.4, -0.2) is 42.0 Å². The summed E-state index contributed by atoms with van der Waals surface area (Å²) in [6.07, 6.45) is 3.70. The molecule has 0 aliphatic carbocycles. The van der Waals surface area contributed by atoms with E-state index in [9.17, 15) is 13.5 Å². The van der Waals surface area contributed by atoms with Gasteiger partial charge in [-0.1, -0.05) is 13.8 Å². The normalized spacial score (nSPS) is 18.9. The van der Waals surface area contributed by atoms with Gasteiger partial charge in [0.15, 0.2) is 0 Å². The van der Waals surface area contributed by atoms with Crippen LogP contribution in [0.25, 0.3) is 0 Å². The Hall–Kier alpha value is -0.980. The van der Waals surface area contributed by atoms with Crippen LogP contribution in [0.3, 0.4) is 0 Å². The molecular formula is C13H20N2O3S. The molecule has 1 aromatic rings. The van der Waals surface area contributed by atoms with Gasteiger partial charge in [-0.05, 0) is 30.4 Å². The number of aliphatic hydroxyl groups is 1. The first-order valence-electron chi connectivity index (χ1n) is 6.54. The third-order valence-electron chi connectivity index (χ3n) is 3.46. The molecular weight excluding hydrogens is 264 g/mol. The minimum atomic E-state index is -3.48. The van der Waals surface area contributed by atoms with E-state index in [0.717, 1.165) is 5.56 Å². The van der Waals surface area contributed by atoms with Crippen LogP contribution >= 0.6 is 0 Å². The molecule has 0 amide bonds. The Morgan fingerprint density at radius 2 is 1.95 bits per heavy atom. The average Bonchev–Trinajstić information content (AvgIpc) is 2.39. The van der Waals surface area contributed by atoms with E-state index in [2.05, 4.69) is 4.98 Å². The zero-order valence-corrected chi connectivity index (χ0v) is 12.1. The van der Waals surface area contributed by atoms with E-state index in [1.54, 1.807) is 12.3 Å². The lowest BCUT2D eigenvalue weighted by atomic mass is 10.1. The van der Waals surface area contributed by atoms with Crippen molar-refractivity contribution in [3.8, 4) is 0 Å². The summed E-state index contributed by atoms with van der Waals surface area (Å²) in [6.45, 7) is 4.75. The number of hydrogen-bond acceptors (Lipinski definition) is 4. The molecule has 1 N–H and O–H groups in total. The third-order valence-corrected chi connectivity index (χ3v) is 5.33. The first-order chi connectivity index (χ1) is 8.91. The predicted octanol–water partition coefficient (Wildman–Crippen LogP) is 1.35. The Balaban J connectivity index is 2.26. The molecule has 0 atom stereocenters. The highest BCUT2D eigenvalue weighted by Gasteiger charge is 2.29. The number of hydrogen-bond donors (Lipinski definition) is 1. The first kappa shape index (κ1) is 14.4. The topological polar surface area (TPSA) is 70.5 Å². The lowest BCUT2D eigenvalue weighted by molar-refractivity contribution is 0.113. The molecule has 2 rings (SSSR count). The molecule has 1 saturated heterocycles. The highest BCUT2D eigenvalue weighted by atomic mass is 32.2. The molecule has 6 heteroatoms. The number of aliphatic hydroxyl groups excluding tert-OH is 1. The van der Waals surface area contributed by atoms with Crippen LogP contribution in [0.15, 0.2) is 23.4 Å². The molecule has 0 aromatic carbocycles. The second kappa shape index (κ2) is 5.56. The van der Waals surface area contributed by atoms with Crippen molar-refractivity contribution in [2.45, 2.75) is 43.6 Å². The third kappa shape index (κ3) is 3.13. The summed E-state index contributed by atoms with van der Waals surface area (Å²) in [5, 5.41) is 9.45. The molecule has 19 heavy (non-hydrogen) atoms. The number of pyridine rings is 1. The van der Waals surface area contributed by atoms with Crippen molar-refractivity contribution < 1.29 is 13.5 Å². The molecule has 0 bridgehead atoms. The largest absolute Gasteiger partial charge is 0.393 e. The Kier molecular flexibility index (Phi) is 4.23. The zero-order valence-electron chi connectivity index (χ0n) is 11.3. The SMILES string of the molecule is CC(C)c1cncc(S(=O)(=O)N2CCC(O)CC2)c1. The number of rotatable bonds is 3. The smallest absolute Gasteiger partial charge is 0.244 e. The standard InChI is InChI=1S/C13H20N2O3S/c1-10(2)11-7-13(9-14-8-11)19(17,18)15-5-3-12(16)4-6-15/h7-10,12,16H,3-6H2,1-2H3. The van der Waals surface area contributed by atoms with Gasteiger partial charge in [0.1, 0.15) is 4.90 Å². The van der Waals surface area contributed by atoms with E-state index < -0.39 is 10.0 Å². The van der Waals surface area contributed by atoms with E-state index >= 15 is 0 Å². The van der Waals surface area contributed by atoms with Crippen molar-refractivity contribution in [2.75, 3.05) is 13.1 Å². The Morgan fingerprint density at radius 1 is 1.32 bits per heavy atom. The van der Waals surface area contributed by atoms with Crippen molar-refractivity contribution in [2.24, 2.45) is 0 Å². The second-order valence-electron chi connectivity index (χ2n) is 5.24. The van der Waals surface area contributed by atoms with Gasteiger partial charge in [0.05, 0.1) is 6.10 Å². The van der Waals surface area contributed by atoms with Gasteiger partial charge in [-0.25, -0.2) is 8.42 Å². The van der Waals surface area contributed by atoms with Gasteiger partial charge in [0, 0.05) is 25.5 Å². The van der Waals surface area contributed by atoms with Gasteiger partial charge in [-0.2, -0.15) is 4.31 Å². The molecule has 1 aliphatic rings. The molecule has 1 aromatic heterocycles. The van der Waals surface area contributed by atoms with Crippen molar-refractivity contribution in [1.29, 1.82) is 0 Å². The lowest BCUT2D eigenvalue weighted by Gasteiger charge is -2.28. The summed E-state index contributed by atoms with van der Waals surface area (Å²) in [5.74, 6) is 0.242. The van der Waals surface area contributed by atoms with Crippen LogP contribution in [0.1, 0.15) is 38.2 Å². The van der Waals surface area contributed by atoms with Gasteiger partial charge in [0.2, 0.25) is 10.0 Å². The fourth-order valence-corrected chi connectivity index (χ4v) is 3.59. The van der Waals surface area contributed by atoms with Crippen LogP contribution in [-0.2, 0) is 10.0 Å². The summed E-state index contributed by atoms with van der Waals surface area (Å²) in [7, 11) is -3.48. The molecule has 2 heterocycles. The van der Waals surface area contributed by atoms with Gasteiger partial charge in [-0.15, -0.1) is 0 Å². The van der Waals surface area contributed by atoms with Crippen LogP contribution in [0.4, 0.5) is 0 Å². The monoisotopic (exact) mass is 284 g/mol. The molecule has 1 aliphatic heterocycles. The second-order valence-corrected chi connectivity index (χ2v) is 7.18. The maximum Gasteiger partial charge on any atom is 0.244 e. The van der Waals surface area contributed by atoms with E-state index in [4.69, 9.17) is 0 Å². The Morgan fingerprint density at radius 3 is 2.53 bits per heavy atom. The van der Waals surface area contributed by atoms with E-state index in [1.165, 1.54) is 10.5 Å². The van der Waals surface area contributed by atoms with Crippen molar-refractivity contribution in [1.82, 2.24) is 9.29 Å². The number of aromatic nitrogens is 1. The summed E-state index contributed by atoms with van der Waals surface area (Å²) in [5.41, 5.74) is 0.915. The minimum absolute atomic E-state index is 0.242. The molecule has 5 nitrogen and oxygen atoms in total. The predicted molar refractivity (Wildman–Crippen MR) is 72.3 cm³/mol. The molecule has 106 valence electrons. The summed E-state index contributed by atoms with van der Waals surface area (Å²) in [6, 6.07) is 1.69. The molecule has 0 unspecified atom stereocenters. The maximum atomic E-state index is 12.5. The van der Waals surface area contributed by atoms with Crippen LogP contribution < -0.4 is 0 Å². The fourth-order valence-electron chi connectivity index (χ4n) is 2.12. The van der Waals surface area contributed by atoms with Gasteiger partial charge in [-0.3, -0.25) is 4.98 Å². The summed E-state index contributed by atoms with van der Waals surface area (Å²) < 4.78 is 26.4. The van der Waals surface area contributed by atoms with Crippen molar-refractivity contribution in [3.63, 3.8) is 0 Å². The maximum absolute atomic E-state index is 12.5. The number of sulfonamides is 1. The average molecular weight is 284 g/mol. The minimum Gasteiger partial charge on any atom is -0.393 e. The van der Waals surface area contributed by atoms with Crippen molar-refractivity contribution >= 4 is 10.0 Å². The van der Waals surface area contributed by atoms with Crippen LogP contribution in [0, 0.1) is 0 Å². The molecule has 0 radical (unpaired) electrons. The quantitative estimate of drug-likeness (QED) is 0.909. The van der Waals surface area contributed by atoms with E-state index in [-0.39, 0.29) is 16.9 Å². The van der Waals surface area contributed by atoms with Gasteiger partial charge >= 0.3 is 0 Å². The fraction of sp³-hybridized carbons (Fsp3) is 0.615. The van der Waals surface area contributed by atoms with E-state index in [1.807, 2.05) is 13.8 Å². The van der Waals surface area contributed by atoms with Crippen LogP contribution in [0.5, 0.6) is 0 Å². The Labute approximate surface area is 114 Å². The first-order valence-corrected chi connectivity index (χ1v) is 7.98. The number of nitrogens with zero attached hydrogens (tertiary/aromatic N) is 2. The molecule has 1 fully saturated rings. The highest BCUT2D eigenvalue weighted by molar-refractivity contribution is 7.89. The number of piperidine rings is 1. The highest BCUT2D eigenvalue weighted by Crippen LogP contribution is 2.23. The van der Waals surface area contributed by atoms with Crippen molar-refractivity contribution in [3.05, 3.63) is 24.0 Å². The summed E-state index contributed by atoms with van der Waals surface area (Å²) >= 11 is 0. The van der Waals surface area contributed by atoms with Gasteiger partial charge in [0.25, 0.3) is 0 Å². The van der Waals surface area contributed by atoms with E-state index in [0.29, 0.717) is 25.9 Å². The van der Waals surface area contributed by atoms with Crippen LogP contribution in [0.2, 0.25) is 0 Å². The lowest BCUT2D eigenvalue weighted by Crippen LogP contribution is -2.40. The summed E-state index contributed by atoms with van der Waals surface area (Å²) in [4.78, 5) is 4.27. The Bertz CT molecular complexity index is 535. The zero-order chi connectivity index (χ0) is 14.0. The molecule has 0 spiro atoms.